The first kappa shape index (κ1) is 15.3. The van der Waals surface area contributed by atoms with Gasteiger partial charge in [0.1, 0.15) is 5.69 Å². The summed E-state index contributed by atoms with van der Waals surface area (Å²) in [5.41, 5.74) is 6.33. The van der Waals surface area contributed by atoms with Crippen LogP contribution in [0.15, 0.2) is 18.3 Å². The molecule has 1 amide bonds. The van der Waals surface area contributed by atoms with Gasteiger partial charge in [0.15, 0.2) is 0 Å². The lowest BCUT2D eigenvalue weighted by Crippen LogP contribution is -2.26. The molecular weight excluding hydrogens is 262 g/mol. The molecule has 1 heterocycles. The average Bonchev–Trinajstić information content (AvgIpc) is 2.41. The molecule has 102 valence electrons. The summed E-state index contributed by atoms with van der Waals surface area (Å²) >= 11 is 0. The highest BCUT2D eigenvalue weighted by Crippen LogP contribution is 1.99. The van der Waals surface area contributed by atoms with Crippen molar-refractivity contribution < 1.29 is 9.00 Å². The SMILES string of the molecule is CS(=O)CCCNC(=O)c1ccc(C#CCN)cn1. The summed E-state index contributed by atoms with van der Waals surface area (Å²) < 4.78 is 10.8. The molecule has 1 aromatic rings. The number of hydrogen-bond donors (Lipinski definition) is 2. The van der Waals surface area contributed by atoms with Crippen molar-refractivity contribution in [1.82, 2.24) is 10.3 Å². The van der Waals surface area contributed by atoms with Crippen molar-refractivity contribution in [1.29, 1.82) is 0 Å². The molecule has 6 heteroatoms. The molecule has 1 aromatic heterocycles. The fraction of sp³-hybridized carbons (Fsp3) is 0.385. The Morgan fingerprint density at radius 2 is 2.32 bits per heavy atom. The van der Waals surface area contributed by atoms with Crippen LogP contribution in [0.3, 0.4) is 0 Å². The maximum Gasteiger partial charge on any atom is 0.269 e. The lowest BCUT2D eigenvalue weighted by atomic mass is 10.2. The first-order valence-electron chi connectivity index (χ1n) is 5.86. The summed E-state index contributed by atoms with van der Waals surface area (Å²) in [5.74, 6) is 5.90. The Bertz CT molecular complexity index is 503. The van der Waals surface area contributed by atoms with Crippen molar-refractivity contribution in [3.05, 3.63) is 29.6 Å². The monoisotopic (exact) mass is 279 g/mol. The fourth-order valence-electron chi connectivity index (χ4n) is 1.32. The molecule has 0 radical (unpaired) electrons. The number of nitrogens with zero attached hydrogens (tertiary/aromatic N) is 1. The number of amides is 1. The Morgan fingerprint density at radius 3 is 2.89 bits per heavy atom. The molecule has 0 fully saturated rings. The molecule has 0 aliphatic carbocycles. The number of carbonyl (C=O) groups is 1. The molecule has 0 spiro atoms. The number of nitrogens with one attached hydrogen (secondary N) is 1. The van der Waals surface area contributed by atoms with Gasteiger partial charge in [0.25, 0.3) is 5.91 Å². The van der Waals surface area contributed by atoms with Crippen molar-refractivity contribution in [2.75, 3.05) is 25.1 Å². The lowest BCUT2D eigenvalue weighted by Gasteiger charge is -2.03. The third-order valence-electron chi connectivity index (χ3n) is 2.23. The van der Waals surface area contributed by atoms with Crippen LogP contribution in [0, 0.1) is 11.8 Å². The third-order valence-corrected chi connectivity index (χ3v) is 3.09. The van der Waals surface area contributed by atoms with Crippen LogP contribution < -0.4 is 11.1 Å². The zero-order valence-electron chi connectivity index (χ0n) is 10.8. The summed E-state index contributed by atoms with van der Waals surface area (Å²) in [6, 6.07) is 3.35. The van der Waals surface area contributed by atoms with Gasteiger partial charge in [-0.15, -0.1) is 0 Å². The molecule has 1 unspecified atom stereocenters. The highest BCUT2D eigenvalue weighted by molar-refractivity contribution is 7.84. The minimum atomic E-state index is -0.824. The van der Waals surface area contributed by atoms with Crippen molar-refractivity contribution in [2.24, 2.45) is 5.73 Å². The van der Waals surface area contributed by atoms with Gasteiger partial charge in [0, 0.05) is 41.1 Å². The van der Waals surface area contributed by atoms with E-state index in [1.54, 1.807) is 24.6 Å². The zero-order chi connectivity index (χ0) is 14.1. The van der Waals surface area contributed by atoms with Gasteiger partial charge in [-0.05, 0) is 18.6 Å². The number of nitrogens with two attached hydrogens (primary N) is 1. The predicted octanol–water partition coefficient (Wildman–Crippen LogP) is -0.110. The normalized spacial score (nSPS) is 11.3. The van der Waals surface area contributed by atoms with Gasteiger partial charge in [0.2, 0.25) is 0 Å². The Labute approximate surface area is 115 Å². The molecule has 3 N–H and O–H groups in total. The molecule has 0 saturated heterocycles. The highest BCUT2D eigenvalue weighted by Gasteiger charge is 2.05. The zero-order valence-corrected chi connectivity index (χ0v) is 11.6. The standard InChI is InChI=1S/C13H17N3O2S/c1-19(18)9-3-8-15-13(17)12-6-5-11(10-16-12)4-2-7-14/h5-6,10H,3,7-9,14H2,1H3,(H,15,17). The predicted molar refractivity (Wildman–Crippen MR) is 76.1 cm³/mol. The molecule has 19 heavy (non-hydrogen) atoms. The molecule has 0 saturated carbocycles. The van der Waals surface area contributed by atoms with Crippen LogP contribution >= 0.6 is 0 Å². The Morgan fingerprint density at radius 1 is 1.53 bits per heavy atom. The summed E-state index contributed by atoms with van der Waals surface area (Å²) in [5, 5.41) is 2.73. The molecule has 0 aromatic carbocycles. The van der Waals surface area contributed by atoms with E-state index in [1.165, 1.54) is 0 Å². The van der Waals surface area contributed by atoms with Crippen LogP contribution in [0.1, 0.15) is 22.5 Å². The van der Waals surface area contributed by atoms with Gasteiger partial charge in [0.05, 0.1) is 6.54 Å². The number of pyridine rings is 1. The number of hydrogen-bond acceptors (Lipinski definition) is 4. The van der Waals surface area contributed by atoms with Crippen molar-refractivity contribution >= 4 is 16.7 Å². The Kier molecular flexibility index (Phi) is 6.79. The summed E-state index contributed by atoms with van der Waals surface area (Å²) in [7, 11) is -0.824. The highest BCUT2D eigenvalue weighted by atomic mass is 32.2. The smallest absolute Gasteiger partial charge is 0.269 e. The van der Waals surface area contributed by atoms with Gasteiger partial charge >= 0.3 is 0 Å². The lowest BCUT2D eigenvalue weighted by molar-refractivity contribution is 0.0949. The average molecular weight is 279 g/mol. The Hall–Kier alpha value is -1.71. The fourth-order valence-corrected chi connectivity index (χ4v) is 1.87. The summed E-state index contributed by atoms with van der Waals surface area (Å²) in [6.45, 7) is 0.788. The van der Waals surface area contributed by atoms with Crippen LogP contribution in [0.25, 0.3) is 0 Å². The maximum absolute atomic E-state index is 11.7. The quantitative estimate of drug-likeness (QED) is 0.582. The second-order valence-electron chi connectivity index (χ2n) is 3.82. The number of rotatable bonds is 5. The van der Waals surface area contributed by atoms with Crippen molar-refractivity contribution in [2.45, 2.75) is 6.42 Å². The van der Waals surface area contributed by atoms with E-state index in [4.69, 9.17) is 5.73 Å². The minimum Gasteiger partial charge on any atom is -0.351 e. The van der Waals surface area contributed by atoms with Crippen molar-refractivity contribution in [3.8, 4) is 11.8 Å². The molecule has 5 nitrogen and oxygen atoms in total. The van der Waals surface area contributed by atoms with Gasteiger partial charge in [-0.2, -0.15) is 0 Å². The minimum absolute atomic E-state index is 0.236. The second kappa shape index (κ2) is 8.40. The summed E-state index contributed by atoms with van der Waals surface area (Å²) in [4.78, 5) is 15.7. The summed E-state index contributed by atoms with van der Waals surface area (Å²) in [6.07, 6.45) is 3.87. The van der Waals surface area contributed by atoms with E-state index in [9.17, 15) is 9.00 Å². The van der Waals surface area contributed by atoms with Crippen LogP contribution in [-0.4, -0.2) is 40.2 Å². The molecular formula is C13H17N3O2S. The van der Waals surface area contributed by atoms with Gasteiger partial charge in [-0.25, -0.2) is 4.98 Å². The number of aromatic nitrogens is 1. The third kappa shape index (κ3) is 6.13. The van der Waals surface area contributed by atoms with E-state index in [0.717, 1.165) is 5.56 Å². The first-order valence-corrected chi connectivity index (χ1v) is 7.59. The molecule has 0 bridgehead atoms. The Balaban J connectivity index is 2.46. The van der Waals surface area contributed by atoms with Crippen LogP contribution in [0.4, 0.5) is 0 Å². The van der Waals surface area contributed by atoms with Gasteiger partial charge in [-0.1, -0.05) is 11.8 Å². The van der Waals surface area contributed by atoms with Gasteiger partial charge < -0.3 is 11.1 Å². The molecule has 1 atom stereocenters. The van der Waals surface area contributed by atoms with Gasteiger partial charge in [-0.3, -0.25) is 9.00 Å². The van der Waals surface area contributed by atoms with E-state index in [-0.39, 0.29) is 5.91 Å². The molecule has 0 aliphatic rings. The molecule has 0 aliphatic heterocycles. The first-order chi connectivity index (χ1) is 9.13. The van der Waals surface area contributed by atoms with Crippen LogP contribution in [0.2, 0.25) is 0 Å². The van der Waals surface area contributed by atoms with E-state index in [2.05, 4.69) is 22.1 Å². The van der Waals surface area contributed by atoms with E-state index < -0.39 is 10.8 Å². The largest absolute Gasteiger partial charge is 0.351 e. The topological polar surface area (TPSA) is 85.1 Å². The van der Waals surface area contributed by atoms with E-state index in [1.807, 2.05) is 0 Å². The van der Waals surface area contributed by atoms with E-state index >= 15 is 0 Å². The maximum atomic E-state index is 11.7. The number of carbonyl (C=O) groups excluding carboxylic acids is 1. The van der Waals surface area contributed by atoms with Crippen molar-refractivity contribution in [3.63, 3.8) is 0 Å². The second-order valence-corrected chi connectivity index (χ2v) is 5.38. The van der Waals surface area contributed by atoms with Crippen LogP contribution in [0.5, 0.6) is 0 Å². The molecule has 1 rings (SSSR count). The van der Waals surface area contributed by atoms with Crippen LogP contribution in [-0.2, 0) is 10.8 Å². The van der Waals surface area contributed by atoms with E-state index in [0.29, 0.717) is 31.0 Å².